The Morgan fingerprint density at radius 1 is 1.44 bits per heavy atom. The molecule has 1 aliphatic heterocycles. The molecule has 1 heterocycles. The SMILES string of the molecule is CNC(C)(C#N)CC(C)N1CCCS(=O)(=O)CC1. The molecule has 1 fully saturated rings. The second-order valence-corrected chi connectivity index (χ2v) is 7.59. The monoisotopic (exact) mass is 273 g/mol. The Morgan fingerprint density at radius 2 is 2.11 bits per heavy atom. The predicted molar refractivity (Wildman–Crippen MR) is 72.0 cm³/mol. The van der Waals surface area contributed by atoms with Crippen LogP contribution in [0.2, 0.25) is 0 Å². The van der Waals surface area contributed by atoms with Gasteiger partial charge >= 0.3 is 0 Å². The van der Waals surface area contributed by atoms with E-state index in [1.165, 1.54) is 0 Å². The lowest BCUT2D eigenvalue weighted by Crippen LogP contribution is -2.46. The maximum Gasteiger partial charge on any atom is 0.151 e. The summed E-state index contributed by atoms with van der Waals surface area (Å²) in [6.07, 6.45) is 1.38. The lowest BCUT2D eigenvalue weighted by molar-refractivity contribution is 0.191. The van der Waals surface area contributed by atoms with Gasteiger partial charge < -0.3 is 5.32 Å². The van der Waals surface area contributed by atoms with Crippen molar-refractivity contribution in [3.05, 3.63) is 0 Å². The van der Waals surface area contributed by atoms with E-state index in [0.29, 0.717) is 19.4 Å². The molecule has 0 aromatic rings. The van der Waals surface area contributed by atoms with Crippen molar-refractivity contribution >= 4 is 9.84 Å². The first-order valence-electron chi connectivity index (χ1n) is 6.36. The Morgan fingerprint density at radius 3 is 2.67 bits per heavy atom. The van der Waals surface area contributed by atoms with E-state index in [-0.39, 0.29) is 17.5 Å². The molecule has 0 aromatic heterocycles. The molecule has 0 bridgehead atoms. The number of nitrogens with one attached hydrogen (secondary N) is 1. The number of nitriles is 1. The van der Waals surface area contributed by atoms with Crippen LogP contribution in [0, 0.1) is 11.3 Å². The van der Waals surface area contributed by atoms with Crippen molar-refractivity contribution in [3.8, 4) is 6.07 Å². The van der Waals surface area contributed by atoms with E-state index < -0.39 is 15.4 Å². The van der Waals surface area contributed by atoms with Gasteiger partial charge in [0.2, 0.25) is 0 Å². The van der Waals surface area contributed by atoms with Crippen molar-refractivity contribution in [2.75, 3.05) is 31.6 Å². The van der Waals surface area contributed by atoms with Crippen LogP contribution in [0.25, 0.3) is 0 Å². The van der Waals surface area contributed by atoms with E-state index in [9.17, 15) is 8.42 Å². The van der Waals surface area contributed by atoms with Crippen molar-refractivity contribution in [3.63, 3.8) is 0 Å². The number of nitrogens with zero attached hydrogens (tertiary/aromatic N) is 2. The molecule has 2 unspecified atom stereocenters. The van der Waals surface area contributed by atoms with Gasteiger partial charge in [-0.2, -0.15) is 5.26 Å². The summed E-state index contributed by atoms with van der Waals surface area (Å²) in [5.74, 6) is 0.526. The summed E-state index contributed by atoms with van der Waals surface area (Å²) < 4.78 is 23.1. The Balaban J connectivity index is 2.63. The second kappa shape index (κ2) is 6.00. The molecule has 104 valence electrons. The van der Waals surface area contributed by atoms with Gasteiger partial charge in [0, 0.05) is 12.6 Å². The maximum atomic E-state index is 11.5. The van der Waals surface area contributed by atoms with Gasteiger partial charge in [-0.05, 0) is 40.3 Å². The molecule has 0 saturated carbocycles. The summed E-state index contributed by atoms with van der Waals surface area (Å²) >= 11 is 0. The zero-order chi connectivity index (χ0) is 13.8. The van der Waals surface area contributed by atoms with Crippen molar-refractivity contribution < 1.29 is 8.42 Å². The van der Waals surface area contributed by atoms with Crippen LogP contribution < -0.4 is 5.32 Å². The zero-order valence-electron chi connectivity index (χ0n) is 11.4. The average Bonchev–Trinajstić information content (AvgIpc) is 2.50. The van der Waals surface area contributed by atoms with Gasteiger partial charge in [0.05, 0.1) is 17.6 Å². The first-order valence-corrected chi connectivity index (χ1v) is 8.19. The summed E-state index contributed by atoms with van der Waals surface area (Å²) in [5, 5.41) is 12.2. The summed E-state index contributed by atoms with van der Waals surface area (Å²) in [4.78, 5) is 2.18. The number of hydrogen-bond donors (Lipinski definition) is 1. The lowest BCUT2D eigenvalue weighted by Gasteiger charge is -2.32. The topological polar surface area (TPSA) is 73.2 Å². The van der Waals surface area contributed by atoms with Gasteiger partial charge in [0.15, 0.2) is 9.84 Å². The molecule has 0 spiro atoms. The Kier molecular flexibility index (Phi) is 5.14. The average molecular weight is 273 g/mol. The van der Waals surface area contributed by atoms with Crippen LogP contribution >= 0.6 is 0 Å². The van der Waals surface area contributed by atoms with E-state index in [1.807, 2.05) is 6.92 Å². The molecule has 0 aliphatic carbocycles. The molecule has 1 saturated heterocycles. The van der Waals surface area contributed by atoms with Gasteiger partial charge in [-0.1, -0.05) is 0 Å². The molecular weight excluding hydrogens is 250 g/mol. The maximum absolute atomic E-state index is 11.5. The van der Waals surface area contributed by atoms with Crippen LogP contribution in [0.5, 0.6) is 0 Å². The fraction of sp³-hybridized carbons (Fsp3) is 0.917. The molecule has 1 N–H and O–H groups in total. The standard InChI is InChI=1S/C12H23N3O2S/c1-11(9-12(2,10-13)14-3)15-5-4-7-18(16,17)8-6-15/h11,14H,4-9H2,1-3H3. The van der Waals surface area contributed by atoms with Crippen LogP contribution in [-0.2, 0) is 9.84 Å². The molecular formula is C12H23N3O2S. The van der Waals surface area contributed by atoms with Crippen molar-refractivity contribution in [1.29, 1.82) is 5.26 Å². The van der Waals surface area contributed by atoms with E-state index >= 15 is 0 Å². The smallest absolute Gasteiger partial charge is 0.151 e. The molecule has 0 aromatic carbocycles. The van der Waals surface area contributed by atoms with Crippen molar-refractivity contribution in [1.82, 2.24) is 10.2 Å². The second-order valence-electron chi connectivity index (χ2n) is 5.29. The highest BCUT2D eigenvalue weighted by molar-refractivity contribution is 7.91. The first kappa shape index (κ1) is 15.4. The number of sulfone groups is 1. The Labute approximate surface area is 110 Å². The first-order chi connectivity index (χ1) is 8.32. The number of hydrogen-bond acceptors (Lipinski definition) is 5. The van der Waals surface area contributed by atoms with Gasteiger partial charge in [-0.15, -0.1) is 0 Å². The lowest BCUT2D eigenvalue weighted by atomic mass is 9.94. The molecule has 6 heteroatoms. The highest BCUT2D eigenvalue weighted by Crippen LogP contribution is 2.17. The fourth-order valence-electron chi connectivity index (χ4n) is 2.32. The van der Waals surface area contributed by atoms with E-state index in [2.05, 4.69) is 23.2 Å². The molecule has 5 nitrogen and oxygen atoms in total. The van der Waals surface area contributed by atoms with E-state index in [0.717, 1.165) is 6.54 Å². The third kappa shape index (κ3) is 4.23. The molecule has 1 aliphatic rings. The molecule has 0 amide bonds. The molecule has 2 atom stereocenters. The van der Waals surface area contributed by atoms with Crippen LogP contribution in [0.1, 0.15) is 26.7 Å². The van der Waals surface area contributed by atoms with Gasteiger partial charge in [-0.3, -0.25) is 4.90 Å². The highest BCUT2D eigenvalue weighted by atomic mass is 32.2. The molecule has 1 rings (SSSR count). The number of rotatable bonds is 4. The minimum atomic E-state index is -2.86. The van der Waals surface area contributed by atoms with Gasteiger partial charge in [0.1, 0.15) is 5.54 Å². The van der Waals surface area contributed by atoms with E-state index in [1.54, 1.807) is 7.05 Å². The quantitative estimate of drug-likeness (QED) is 0.802. The summed E-state index contributed by atoms with van der Waals surface area (Å²) in [7, 11) is -1.08. The van der Waals surface area contributed by atoms with Crippen LogP contribution in [0.4, 0.5) is 0 Å². The third-order valence-electron chi connectivity index (χ3n) is 3.72. The minimum absolute atomic E-state index is 0.204. The minimum Gasteiger partial charge on any atom is -0.303 e. The fourth-order valence-corrected chi connectivity index (χ4v) is 3.61. The zero-order valence-corrected chi connectivity index (χ0v) is 12.3. The summed E-state index contributed by atoms with van der Waals surface area (Å²) in [5.41, 5.74) is -0.551. The Hall–Kier alpha value is -0.640. The summed E-state index contributed by atoms with van der Waals surface area (Å²) in [6, 6.07) is 2.48. The van der Waals surface area contributed by atoms with Crippen LogP contribution in [0.3, 0.4) is 0 Å². The normalized spacial score (nSPS) is 25.7. The summed E-state index contributed by atoms with van der Waals surface area (Å²) in [6.45, 7) is 5.31. The highest BCUT2D eigenvalue weighted by Gasteiger charge is 2.29. The van der Waals surface area contributed by atoms with Gasteiger partial charge in [-0.25, -0.2) is 8.42 Å². The Bertz CT molecular complexity index is 416. The molecule has 0 radical (unpaired) electrons. The van der Waals surface area contributed by atoms with Gasteiger partial charge in [0.25, 0.3) is 0 Å². The predicted octanol–water partition coefficient (Wildman–Crippen LogP) is 0.387. The van der Waals surface area contributed by atoms with Crippen molar-refractivity contribution in [2.45, 2.75) is 38.3 Å². The van der Waals surface area contributed by atoms with Crippen LogP contribution in [-0.4, -0.2) is 56.5 Å². The molecule has 18 heavy (non-hydrogen) atoms. The third-order valence-corrected chi connectivity index (χ3v) is 5.43. The van der Waals surface area contributed by atoms with E-state index in [4.69, 9.17) is 5.26 Å². The van der Waals surface area contributed by atoms with Crippen LogP contribution in [0.15, 0.2) is 0 Å². The largest absolute Gasteiger partial charge is 0.303 e. The van der Waals surface area contributed by atoms with Crippen molar-refractivity contribution in [2.24, 2.45) is 0 Å².